The van der Waals surface area contributed by atoms with Crippen molar-refractivity contribution in [3.05, 3.63) is 35.9 Å². The first-order valence-corrected chi connectivity index (χ1v) is 6.57. The van der Waals surface area contributed by atoms with Crippen molar-refractivity contribution in [2.45, 2.75) is 33.0 Å². The molecule has 1 aliphatic rings. The number of morpholine rings is 1. The minimum absolute atomic E-state index is 0.00218. The van der Waals surface area contributed by atoms with Crippen LogP contribution in [0.3, 0.4) is 0 Å². The van der Waals surface area contributed by atoms with Crippen LogP contribution in [0.2, 0.25) is 0 Å². The number of nitrogens with zero attached hydrogens (tertiary/aromatic N) is 1. The molecule has 0 bridgehead atoms. The number of rotatable bonds is 2. The van der Waals surface area contributed by atoms with Crippen LogP contribution in [0.25, 0.3) is 0 Å². The Bertz CT molecular complexity index is 402. The summed E-state index contributed by atoms with van der Waals surface area (Å²) in [6.07, 6.45) is 0.0873. The van der Waals surface area contributed by atoms with Gasteiger partial charge in [-0.15, -0.1) is 0 Å². The molecule has 3 nitrogen and oxygen atoms in total. The van der Waals surface area contributed by atoms with Crippen molar-refractivity contribution >= 4 is 5.91 Å². The molecule has 0 radical (unpaired) electrons. The van der Waals surface area contributed by atoms with Gasteiger partial charge in [-0.1, -0.05) is 44.2 Å². The Morgan fingerprint density at radius 3 is 2.56 bits per heavy atom. The largest absolute Gasteiger partial charge is 0.367 e. The van der Waals surface area contributed by atoms with E-state index in [0.717, 1.165) is 5.56 Å². The summed E-state index contributed by atoms with van der Waals surface area (Å²) < 4.78 is 5.94. The highest BCUT2D eigenvalue weighted by atomic mass is 16.5. The van der Waals surface area contributed by atoms with Crippen molar-refractivity contribution in [1.82, 2.24) is 4.90 Å². The van der Waals surface area contributed by atoms with E-state index in [1.165, 1.54) is 0 Å². The van der Waals surface area contributed by atoms with Crippen LogP contribution in [-0.2, 0) is 9.53 Å². The molecule has 0 aromatic heterocycles. The zero-order chi connectivity index (χ0) is 13.1. The van der Waals surface area contributed by atoms with Gasteiger partial charge in [0, 0.05) is 12.5 Å². The zero-order valence-electron chi connectivity index (χ0n) is 11.3. The van der Waals surface area contributed by atoms with Crippen LogP contribution in [-0.4, -0.2) is 30.0 Å². The van der Waals surface area contributed by atoms with E-state index in [2.05, 4.69) is 12.1 Å². The number of carbonyl (C=O) groups is 1. The molecule has 98 valence electrons. The van der Waals surface area contributed by atoms with E-state index in [0.29, 0.717) is 13.1 Å². The van der Waals surface area contributed by atoms with E-state index >= 15 is 0 Å². The summed E-state index contributed by atoms with van der Waals surface area (Å²) in [5.74, 6) is 0.262. The van der Waals surface area contributed by atoms with Crippen molar-refractivity contribution in [3.8, 4) is 0 Å². The molecule has 2 rings (SSSR count). The van der Waals surface area contributed by atoms with Gasteiger partial charge >= 0.3 is 0 Å². The second kappa shape index (κ2) is 5.53. The first kappa shape index (κ1) is 13.1. The fourth-order valence-corrected chi connectivity index (χ4v) is 2.35. The van der Waals surface area contributed by atoms with Gasteiger partial charge in [-0.2, -0.15) is 0 Å². The van der Waals surface area contributed by atoms with E-state index in [9.17, 15) is 4.79 Å². The van der Waals surface area contributed by atoms with E-state index in [4.69, 9.17) is 4.74 Å². The van der Waals surface area contributed by atoms with E-state index < -0.39 is 0 Å². The van der Waals surface area contributed by atoms with Gasteiger partial charge in [-0.05, 0) is 12.5 Å². The normalized spacial score (nSPS) is 24.3. The molecule has 3 heteroatoms. The van der Waals surface area contributed by atoms with Gasteiger partial charge in [0.2, 0.25) is 5.91 Å². The monoisotopic (exact) mass is 247 g/mol. The molecule has 18 heavy (non-hydrogen) atoms. The lowest BCUT2D eigenvalue weighted by molar-refractivity contribution is -0.148. The van der Waals surface area contributed by atoms with Gasteiger partial charge in [-0.25, -0.2) is 0 Å². The Kier molecular flexibility index (Phi) is 4.02. The maximum absolute atomic E-state index is 12.1. The van der Waals surface area contributed by atoms with E-state index in [-0.39, 0.29) is 24.0 Å². The minimum atomic E-state index is -0.00218. The summed E-state index contributed by atoms with van der Waals surface area (Å²) in [7, 11) is 0. The average Bonchev–Trinajstić information content (AvgIpc) is 2.38. The molecule has 0 N–H and O–H groups in total. The second-order valence-electron chi connectivity index (χ2n) is 5.24. The number of ether oxygens (including phenoxy) is 1. The van der Waals surface area contributed by atoms with Gasteiger partial charge < -0.3 is 9.64 Å². The van der Waals surface area contributed by atoms with Crippen molar-refractivity contribution in [2.75, 3.05) is 13.1 Å². The zero-order valence-corrected chi connectivity index (χ0v) is 11.3. The Morgan fingerprint density at radius 1 is 1.28 bits per heavy atom. The van der Waals surface area contributed by atoms with Crippen LogP contribution in [0, 0.1) is 5.92 Å². The highest BCUT2D eigenvalue weighted by Crippen LogP contribution is 2.25. The van der Waals surface area contributed by atoms with Crippen LogP contribution in [0.15, 0.2) is 30.3 Å². The van der Waals surface area contributed by atoms with E-state index in [1.807, 2.05) is 43.9 Å². The molecule has 0 aliphatic carbocycles. The number of hydrogen-bond acceptors (Lipinski definition) is 2. The standard InChI is InChI=1S/C15H21NO2/c1-11(2)15(17)16-9-12(3)18-14(10-16)13-7-5-4-6-8-13/h4-8,11-12,14H,9-10H2,1-3H3/t12-,14+/m0/s1. The highest BCUT2D eigenvalue weighted by Gasteiger charge is 2.30. The fourth-order valence-electron chi connectivity index (χ4n) is 2.35. The molecule has 1 heterocycles. The second-order valence-corrected chi connectivity index (χ2v) is 5.24. The molecule has 2 atom stereocenters. The molecule has 1 aromatic carbocycles. The first-order valence-electron chi connectivity index (χ1n) is 6.57. The first-order chi connectivity index (χ1) is 8.58. The molecule has 1 aromatic rings. The quantitative estimate of drug-likeness (QED) is 0.804. The van der Waals surface area contributed by atoms with Crippen molar-refractivity contribution in [3.63, 3.8) is 0 Å². The Balaban J connectivity index is 2.12. The molecule has 1 amide bonds. The molecule has 0 spiro atoms. The SMILES string of the molecule is CC(C)C(=O)N1C[C@H](C)O[C@@H](c2ccccc2)C1. The summed E-state index contributed by atoms with van der Waals surface area (Å²) in [4.78, 5) is 14.0. The Hall–Kier alpha value is -1.35. The smallest absolute Gasteiger partial charge is 0.225 e. The van der Waals surface area contributed by atoms with E-state index in [1.54, 1.807) is 0 Å². The third-order valence-electron chi connectivity index (χ3n) is 3.24. The lowest BCUT2D eigenvalue weighted by Gasteiger charge is -2.37. The molecule has 1 aliphatic heterocycles. The third-order valence-corrected chi connectivity index (χ3v) is 3.24. The number of carbonyl (C=O) groups excluding carboxylic acids is 1. The lowest BCUT2D eigenvalue weighted by atomic mass is 10.1. The summed E-state index contributed by atoms with van der Waals surface area (Å²) in [6, 6.07) is 10.1. The summed E-state index contributed by atoms with van der Waals surface area (Å²) in [6.45, 7) is 7.27. The van der Waals surface area contributed by atoms with Gasteiger partial charge in [0.1, 0.15) is 6.10 Å². The lowest BCUT2D eigenvalue weighted by Crippen LogP contribution is -2.47. The van der Waals surface area contributed by atoms with Gasteiger partial charge in [0.05, 0.1) is 12.6 Å². The number of amides is 1. The van der Waals surface area contributed by atoms with Gasteiger partial charge in [-0.3, -0.25) is 4.79 Å². The molecule has 1 fully saturated rings. The fraction of sp³-hybridized carbons (Fsp3) is 0.533. The molecule has 0 unspecified atom stereocenters. The van der Waals surface area contributed by atoms with Crippen LogP contribution in [0.4, 0.5) is 0 Å². The summed E-state index contributed by atoms with van der Waals surface area (Å²) in [5, 5.41) is 0. The maximum Gasteiger partial charge on any atom is 0.225 e. The molecular weight excluding hydrogens is 226 g/mol. The third kappa shape index (κ3) is 2.91. The van der Waals surface area contributed by atoms with Crippen LogP contribution in [0.1, 0.15) is 32.4 Å². The van der Waals surface area contributed by atoms with Crippen molar-refractivity contribution in [1.29, 1.82) is 0 Å². The van der Waals surface area contributed by atoms with Crippen LogP contribution in [0.5, 0.6) is 0 Å². The number of benzene rings is 1. The Morgan fingerprint density at radius 2 is 1.94 bits per heavy atom. The summed E-state index contributed by atoms with van der Waals surface area (Å²) >= 11 is 0. The topological polar surface area (TPSA) is 29.5 Å². The van der Waals surface area contributed by atoms with Crippen molar-refractivity contribution < 1.29 is 9.53 Å². The molecule has 1 saturated heterocycles. The molecule has 0 saturated carbocycles. The Labute approximate surface area is 109 Å². The highest BCUT2D eigenvalue weighted by molar-refractivity contribution is 5.78. The van der Waals surface area contributed by atoms with Crippen LogP contribution >= 0.6 is 0 Å². The van der Waals surface area contributed by atoms with Crippen LogP contribution < -0.4 is 0 Å². The van der Waals surface area contributed by atoms with Crippen molar-refractivity contribution in [2.24, 2.45) is 5.92 Å². The number of hydrogen-bond donors (Lipinski definition) is 0. The predicted molar refractivity (Wildman–Crippen MR) is 71.1 cm³/mol. The minimum Gasteiger partial charge on any atom is -0.367 e. The average molecular weight is 247 g/mol. The summed E-state index contributed by atoms with van der Waals surface area (Å²) in [5.41, 5.74) is 1.14. The van der Waals surface area contributed by atoms with Gasteiger partial charge in [0.15, 0.2) is 0 Å². The molecular formula is C15H21NO2. The predicted octanol–water partition coefficient (Wildman–Crippen LogP) is 2.63. The maximum atomic E-state index is 12.1. The van der Waals surface area contributed by atoms with Gasteiger partial charge in [0.25, 0.3) is 0 Å².